The second-order valence-electron chi connectivity index (χ2n) is 4.88. The van der Waals surface area contributed by atoms with Gasteiger partial charge in [0, 0.05) is 25.4 Å². The van der Waals surface area contributed by atoms with Crippen LogP contribution >= 0.6 is 0 Å². The summed E-state index contributed by atoms with van der Waals surface area (Å²) in [6.45, 7) is 2.39. The number of hydrogen-bond donors (Lipinski definition) is 2. The summed E-state index contributed by atoms with van der Waals surface area (Å²) in [7, 11) is 1.84. The lowest BCUT2D eigenvalue weighted by atomic mass is 10.1. The monoisotopic (exact) mass is 281 g/mol. The van der Waals surface area contributed by atoms with Crippen LogP contribution in [-0.2, 0) is 34.3 Å². The van der Waals surface area contributed by atoms with E-state index in [1.165, 1.54) is 0 Å². The van der Waals surface area contributed by atoms with Gasteiger partial charge in [-0.15, -0.1) is 0 Å². The van der Waals surface area contributed by atoms with Crippen LogP contribution in [0.25, 0.3) is 0 Å². The van der Waals surface area contributed by atoms with Crippen LogP contribution in [0.15, 0.2) is 6.20 Å². The number of nitrogens with zero attached hydrogens (tertiary/aromatic N) is 2. The molecule has 1 saturated heterocycles. The number of carboxylic acids is 1. The van der Waals surface area contributed by atoms with E-state index in [-0.39, 0.29) is 5.91 Å². The SMILES string of the molecule is CCc1nn(C)cc1CNC(=O)C1CCC(C(=O)O)O1. The zero-order valence-corrected chi connectivity index (χ0v) is 11.6. The fourth-order valence-corrected chi connectivity index (χ4v) is 2.34. The van der Waals surface area contributed by atoms with Crippen LogP contribution in [0.4, 0.5) is 0 Å². The van der Waals surface area contributed by atoms with Crippen LogP contribution in [0.3, 0.4) is 0 Å². The Hall–Kier alpha value is -1.89. The number of amides is 1. The van der Waals surface area contributed by atoms with E-state index in [2.05, 4.69) is 10.4 Å². The third-order valence-electron chi connectivity index (χ3n) is 3.37. The molecule has 0 radical (unpaired) electrons. The number of rotatable bonds is 5. The first-order valence-corrected chi connectivity index (χ1v) is 6.68. The number of carboxylic acid groups (broad SMARTS) is 1. The average Bonchev–Trinajstić information content (AvgIpc) is 3.02. The number of aryl methyl sites for hydroxylation is 2. The van der Waals surface area contributed by atoms with Crippen molar-refractivity contribution in [2.45, 2.75) is 44.9 Å². The van der Waals surface area contributed by atoms with Gasteiger partial charge in [-0.2, -0.15) is 5.10 Å². The van der Waals surface area contributed by atoms with E-state index in [1.54, 1.807) is 4.68 Å². The molecule has 20 heavy (non-hydrogen) atoms. The number of carbonyl (C=O) groups is 2. The number of hydrogen-bond acceptors (Lipinski definition) is 4. The lowest BCUT2D eigenvalue weighted by Crippen LogP contribution is -2.35. The smallest absolute Gasteiger partial charge is 0.332 e. The molecule has 0 bridgehead atoms. The Morgan fingerprint density at radius 2 is 2.20 bits per heavy atom. The Kier molecular flexibility index (Phi) is 4.39. The van der Waals surface area contributed by atoms with E-state index in [0.717, 1.165) is 17.7 Å². The van der Waals surface area contributed by atoms with Gasteiger partial charge < -0.3 is 15.2 Å². The van der Waals surface area contributed by atoms with Crippen LogP contribution in [0.1, 0.15) is 31.0 Å². The van der Waals surface area contributed by atoms with Crippen molar-refractivity contribution >= 4 is 11.9 Å². The third-order valence-corrected chi connectivity index (χ3v) is 3.37. The number of aliphatic carboxylic acids is 1. The van der Waals surface area contributed by atoms with E-state index in [4.69, 9.17) is 9.84 Å². The summed E-state index contributed by atoms with van der Waals surface area (Å²) in [5.41, 5.74) is 1.92. The number of nitrogens with one attached hydrogen (secondary N) is 1. The fraction of sp³-hybridized carbons (Fsp3) is 0.615. The summed E-state index contributed by atoms with van der Waals surface area (Å²) in [4.78, 5) is 22.7. The first-order valence-electron chi connectivity index (χ1n) is 6.68. The Labute approximate surface area is 116 Å². The summed E-state index contributed by atoms with van der Waals surface area (Å²) < 4.78 is 6.92. The zero-order chi connectivity index (χ0) is 14.7. The van der Waals surface area contributed by atoms with Crippen molar-refractivity contribution in [3.8, 4) is 0 Å². The molecule has 1 amide bonds. The largest absolute Gasteiger partial charge is 0.479 e. The van der Waals surface area contributed by atoms with Gasteiger partial charge in [0.1, 0.15) is 6.10 Å². The van der Waals surface area contributed by atoms with Gasteiger partial charge in [0.25, 0.3) is 0 Å². The first kappa shape index (κ1) is 14.5. The number of carbonyl (C=O) groups excluding carboxylic acids is 1. The molecule has 2 unspecified atom stereocenters. The maximum absolute atomic E-state index is 11.9. The summed E-state index contributed by atoms with van der Waals surface area (Å²) >= 11 is 0. The lowest BCUT2D eigenvalue weighted by Gasteiger charge is -2.11. The molecule has 1 aromatic heterocycles. The molecule has 2 heterocycles. The van der Waals surface area contributed by atoms with Gasteiger partial charge in [0.2, 0.25) is 5.91 Å². The van der Waals surface area contributed by atoms with E-state index >= 15 is 0 Å². The molecule has 1 aromatic rings. The van der Waals surface area contributed by atoms with Gasteiger partial charge in [0.15, 0.2) is 6.10 Å². The van der Waals surface area contributed by atoms with Crippen molar-refractivity contribution in [1.82, 2.24) is 15.1 Å². The van der Waals surface area contributed by atoms with Crippen molar-refractivity contribution in [1.29, 1.82) is 0 Å². The zero-order valence-electron chi connectivity index (χ0n) is 11.6. The van der Waals surface area contributed by atoms with Crippen LogP contribution < -0.4 is 5.32 Å². The van der Waals surface area contributed by atoms with Crippen LogP contribution in [0.5, 0.6) is 0 Å². The highest BCUT2D eigenvalue weighted by molar-refractivity contribution is 5.82. The molecule has 1 aliphatic rings. The second kappa shape index (κ2) is 6.04. The summed E-state index contributed by atoms with van der Waals surface area (Å²) in [5.74, 6) is -1.28. The molecule has 110 valence electrons. The van der Waals surface area contributed by atoms with Gasteiger partial charge in [-0.3, -0.25) is 9.48 Å². The minimum atomic E-state index is -1.01. The molecule has 0 saturated carbocycles. The van der Waals surface area contributed by atoms with Crippen LogP contribution in [-0.4, -0.2) is 39.0 Å². The molecule has 0 aliphatic carbocycles. The Morgan fingerprint density at radius 1 is 1.50 bits per heavy atom. The number of ether oxygens (including phenoxy) is 1. The highest BCUT2D eigenvalue weighted by atomic mass is 16.5. The van der Waals surface area contributed by atoms with Crippen molar-refractivity contribution in [3.05, 3.63) is 17.5 Å². The van der Waals surface area contributed by atoms with Gasteiger partial charge >= 0.3 is 5.97 Å². The summed E-state index contributed by atoms with van der Waals surface area (Å²) in [6, 6.07) is 0. The molecular formula is C13H19N3O4. The highest BCUT2D eigenvalue weighted by Crippen LogP contribution is 2.20. The van der Waals surface area contributed by atoms with Crippen molar-refractivity contribution in [2.24, 2.45) is 7.05 Å². The summed E-state index contributed by atoms with van der Waals surface area (Å²) in [6.07, 6.45) is 1.95. The Balaban J connectivity index is 1.88. The predicted molar refractivity (Wildman–Crippen MR) is 70.0 cm³/mol. The van der Waals surface area contributed by atoms with E-state index < -0.39 is 18.2 Å². The predicted octanol–water partition coefficient (Wildman–Crippen LogP) is 0.231. The van der Waals surface area contributed by atoms with E-state index in [9.17, 15) is 9.59 Å². The maximum atomic E-state index is 11.9. The normalized spacial score (nSPS) is 21.9. The molecule has 1 aliphatic heterocycles. The second-order valence-corrected chi connectivity index (χ2v) is 4.88. The molecule has 0 spiro atoms. The highest BCUT2D eigenvalue weighted by Gasteiger charge is 2.34. The van der Waals surface area contributed by atoms with Gasteiger partial charge in [-0.25, -0.2) is 4.79 Å². The Morgan fingerprint density at radius 3 is 2.80 bits per heavy atom. The van der Waals surface area contributed by atoms with Crippen molar-refractivity contribution < 1.29 is 19.4 Å². The maximum Gasteiger partial charge on any atom is 0.332 e. The quantitative estimate of drug-likeness (QED) is 0.806. The lowest BCUT2D eigenvalue weighted by molar-refractivity contribution is -0.151. The van der Waals surface area contributed by atoms with E-state index in [0.29, 0.717) is 19.4 Å². The molecule has 1 fully saturated rings. The fourth-order valence-electron chi connectivity index (χ4n) is 2.34. The third kappa shape index (κ3) is 3.16. The standard InChI is InChI=1S/C13H19N3O4/c1-3-9-8(7-16(2)15-9)6-14-12(17)10-4-5-11(20-10)13(18)19/h7,10-11H,3-6H2,1-2H3,(H,14,17)(H,18,19). The van der Waals surface area contributed by atoms with Crippen molar-refractivity contribution in [3.63, 3.8) is 0 Å². The van der Waals surface area contributed by atoms with Gasteiger partial charge in [0.05, 0.1) is 5.69 Å². The molecule has 2 atom stereocenters. The molecular weight excluding hydrogens is 262 g/mol. The first-order chi connectivity index (χ1) is 9.51. The molecule has 7 nitrogen and oxygen atoms in total. The van der Waals surface area contributed by atoms with Crippen LogP contribution in [0, 0.1) is 0 Å². The topological polar surface area (TPSA) is 93.5 Å². The molecule has 7 heteroatoms. The minimum absolute atomic E-state index is 0.264. The van der Waals surface area contributed by atoms with E-state index in [1.807, 2.05) is 20.2 Å². The van der Waals surface area contributed by atoms with Gasteiger partial charge in [-0.1, -0.05) is 6.92 Å². The van der Waals surface area contributed by atoms with Gasteiger partial charge in [-0.05, 0) is 19.3 Å². The molecule has 2 N–H and O–H groups in total. The van der Waals surface area contributed by atoms with Crippen molar-refractivity contribution in [2.75, 3.05) is 0 Å². The number of aromatic nitrogens is 2. The average molecular weight is 281 g/mol. The van der Waals surface area contributed by atoms with Crippen LogP contribution in [0.2, 0.25) is 0 Å². The Bertz CT molecular complexity index is 512. The molecule has 0 aromatic carbocycles. The summed E-state index contributed by atoms with van der Waals surface area (Å²) in [5, 5.41) is 15.9. The molecule has 2 rings (SSSR count). The minimum Gasteiger partial charge on any atom is -0.479 e.